The third-order valence-corrected chi connectivity index (χ3v) is 1.20. The first kappa shape index (κ1) is 13.5. The predicted molar refractivity (Wildman–Crippen MR) is 63.5 cm³/mol. The number of hydrogen-bond donors (Lipinski definition) is 4. The maximum atomic E-state index is 8.59. The third-order valence-electron chi connectivity index (χ3n) is 1.06. The van der Waals surface area contributed by atoms with Crippen LogP contribution < -0.4 is 11.1 Å². The molecule has 82 valence electrons. The van der Waals surface area contributed by atoms with Crippen LogP contribution in [-0.2, 0) is 6.54 Å². The van der Waals surface area contributed by atoms with E-state index >= 15 is 0 Å². The van der Waals surface area contributed by atoms with Gasteiger partial charge in [0.15, 0.2) is 0 Å². The topological polar surface area (TPSA) is 104 Å². The number of rotatable bonds is 2. The van der Waals surface area contributed by atoms with Crippen molar-refractivity contribution in [2.24, 2.45) is 5.73 Å². The van der Waals surface area contributed by atoms with Crippen molar-refractivity contribution in [3.05, 3.63) is 24.3 Å². The van der Waals surface area contributed by atoms with Gasteiger partial charge < -0.3 is 21.3 Å². The number of nitrogens with one attached hydrogen (secondary N) is 1. The summed E-state index contributed by atoms with van der Waals surface area (Å²) in [6.45, 7) is 0.455. The lowest BCUT2D eigenvalue weighted by Crippen LogP contribution is -2.19. The van der Waals surface area contributed by atoms with E-state index in [1.54, 1.807) is 12.4 Å². The predicted octanol–water partition coefficient (Wildman–Crippen LogP) is 0.197. The molecule has 0 aliphatic heterocycles. The number of aliphatic hydroxyl groups is 2. The Hall–Kier alpha value is -1.54. The lowest BCUT2D eigenvalue weighted by molar-refractivity contribution is 0.530. The van der Waals surface area contributed by atoms with Gasteiger partial charge >= 0.3 is 0 Å². The van der Waals surface area contributed by atoms with E-state index < -0.39 is 5.17 Å². The van der Waals surface area contributed by atoms with Crippen LogP contribution in [0.25, 0.3) is 0 Å². The van der Waals surface area contributed by atoms with E-state index in [9.17, 15) is 0 Å². The molecule has 15 heavy (non-hydrogen) atoms. The molecule has 0 amide bonds. The van der Waals surface area contributed by atoms with Crippen LogP contribution >= 0.6 is 24.4 Å². The van der Waals surface area contributed by atoms with E-state index in [0.29, 0.717) is 6.54 Å². The zero-order valence-electron chi connectivity index (χ0n) is 7.62. The van der Waals surface area contributed by atoms with Crippen LogP contribution in [-0.4, -0.2) is 30.5 Å². The second kappa shape index (κ2) is 7.83. The molecular weight excluding hydrogens is 236 g/mol. The molecule has 0 saturated heterocycles. The highest BCUT2D eigenvalue weighted by molar-refractivity contribution is 7.80. The highest BCUT2D eigenvalue weighted by Crippen LogP contribution is 1.90. The first-order valence-corrected chi connectivity index (χ1v) is 4.53. The summed E-state index contributed by atoms with van der Waals surface area (Å²) in [4.78, 5) is 7.57. The zero-order chi connectivity index (χ0) is 11.7. The highest BCUT2D eigenvalue weighted by Gasteiger charge is 1.92. The summed E-state index contributed by atoms with van der Waals surface area (Å²) >= 11 is 8.27. The van der Waals surface area contributed by atoms with E-state index in [-0.39, 0.29) is 5.17 Å². The lowest BCUT2D eigenvalue weighted by Gasteiger charge is -1.99. The molecule has 1 aromatic heterocycles. The second-order valence-corrected chi connectivity index (χ2v) is 3.05. The number of thiocarbonyl (C=S) groups is 2. The molecule has 0 aliphatic rings. The minimum Gasteiger partial charge on any atom is -0.487 e. The molecule has 0 fully saturated rings. The SMILES string of the molecule is NC(O)=S.OC(=S)NCc1cncnc1. The van der Waals surface area contributed by atoms with Crippen molar-refractivity contribution in [1.82, 2.24) is 15.3 Å². The van der Waals surface area contributed by atoms with E-state index in [4.69, 9.17) is 10.2 Å². The van der Waals surface area contributed by atoms with Gasteiger partial charge in [-0.05, 0) is 24.4 Å². The first-order chi connectivity index (χ1) is 7.02. The number of aromatic nitrogens is 2. The average Bonchev–Trinajstić information content (AvgIpc) is 2.15. The molecule has 0 atom stereocenters. The molecule has 1 heterocycles. The molecule has 1 rings (SSSR count). The maximum Gasteiger partial charge on any atom is 0.254 e. The Morgan fingerprint density at radius 1 is 1.33 bits per heavy atom. The number of nitrogens with two attached hydrogens (primary N) is 1. The minimum atomic E-state index is -0.500. The van der Waals surface area contributed by atoms with Crippen LogP contribution in [0.5, 0.6) is 0 Å². The fourth-order valence-electron chi connectivity index (χ4n) is 0.599. The highest BCUT2D eigenvalue weighted by atomic mass is 32.1. The van der Waals surface area contributed by atoms with Gasteiger partial charge in [-0.25, -0.2) is 9.97 Å². The van der Waals surface area contributed by atoms with Crippen molar-refractivity contribution >= 4 is 34.8 Å². The molecule has 0 radical (unpaired) electrons. The van der Waals surface area contributed by atoms with Gasteiger partial charge in [-0.3, -0.25) is 0 Å². The second-order valence-electron chi connectivity index (χ2n) is 2.24. The molecule has 1 aromatic rings. The summed E-state index contributed by atoms with van der Waals surface area (Å²) in [5, 5.41) is 18.0. The van der Waals surface area contributed by atoms with Crippen molar-refractivity contribution in [3.63, 3.8) is 0 Å². The number of aliphatic hydroxyl groups excluding tert-OH is 2. The summed E-state index contributed by atoms with van der Waals surface area (Å²) in [6.07, 6.45) is 4.75. The molecule has 0 aromatic carbocycles. The minimum absolute atomic E-state index is 0.214. The third kappa shape index (κ3) is 10.4. The van der Waals surface area contributed by atoms with Gasteiger partial charge in [-0.1, -0.05) is 0 Å². The van der Waals surface area contributed by atoms with Gasteiger partial charge in [0.25, 0.3) is 10.3 Å². The van der Waals surface area contributed by atoms with E-state index in [1.165, 1.54) is 6.33 Å². The molecule has 5 N–H and O–H groups in total. The largest absolute Gasteiger partial charge is 0.487 e. The Labute approximate surface area is 97.2 Å². The van der Waals surface area contributed by atoms with Gasteiger partial charge in [0.2, 0.25) is 0 Å². The monoisotopic (exact) mass is 246 g/mol. The summed E-state index contributed by atoms with van der Waals surface area (Å²) in [6, 6.07) is 0. The van der Waals surface area contributed by atoms with Gasteiger partial charge in [-0.15, -0.1) is 0 Å². The van der Waals surface area contributed by atoms with Gasteiger partial charge in [0, 0.05) is 24.5 Å². The van der Waals surface area contributed by atoms with Gasteiger partial charge in [-0.2, -0.15) is 0 Å². The van der Waals surface area contributed by atoms with E-state index in [0.717, 1.165) is 5.56 Å². The summed E-state index contributed by atoms with van der Waals surface area (Å²) < 4.78 is 0. The lowest BCUT2D eigenvalue weighted by atomic mass is 10.3. The summed E-state index contributed by atoms with van der Waals surface area (Å²) in [5.74, 6) is 0. The summed E-state index contributed by atoms with van der Waals surface area (Å²) in [5.41, 5.74) is 5.28. The first-order valence-electron chi connectivity index (χ1n) is 3.71. The van der Waals surface area contributed by atoms with Gasteiger partial charge in [0.05, 0.1) is 0 Å². The fourth-order valence-corrected chi connectivity index (χ4v) is 0.671. The van der Waals surface area contributed by atoms with Crippen LogP contribution in [0, 0.1) is 0 Å². The number of hydrogen-bond acceptors (Lipinski definition) is 4. The summed E-state index contributed by atoms with van der Waals surface area (Å²) in [7, 11) is 0. The van der Waals surface area contributed by atoms with Crippen molar-refractivity contribution in [1.29, 1.82) is 0 Å². The Morgan fingerprint density at radius 2 is 1.80 bits per heavy atom. The molecule has 0 saturated carbocycles. The smallest absolute Gasteiger partial charge is 0.254 e. The molecule has 0 unspecified atom stereocenters. The van der Waals surface area contributed by atoms with Crippen LogP contribution in [0.15, 0.2) is 18.7 Å². The van der Waals surface area contributed by atoms with Crippen LogP contribution in [0.4, 0.5) is 0 Å². The normalized spacial score (nSPS) is 8.27. The molecule has 0 aliphatic carbocycles. The Kier molecular flexibility index (Phi) is 7.02. The van der Waals surface area contributed by atoms with Crippen molar-refractivity contribution in [2.75, 3.05) is 0 Å². The van der Waals surface area contributed by atoms with Crippen LogP contribution in [0.1, 0.15) is 5.56 Å². The van der Waals surface area contributed by atoms with Crippen LogP contribution in [0.2, 0.25) is 0 Å². The Morgan fingerprint density at radius 3 is 2.20 bits per heavy atom. The Balaban J connectivity index is 0.000000423. The van der Waals surface area contributed by atoms with Gasteiger partial charge in [0.1, 0.15) is 6.33 Å². The molecular formula is C7H10N4O2S2. The van der Waals surface area contributed by atoms with Crippen molar-refractivity contribution < 1.29 is 10.2 Å². The zero-order valence-corrected chi connectivity index (χ0v) is 9.25. The van der Waals surface area contributed by atoms with E-state index in [2.05, 4.69) is 45.5 Å². The maximum absolute atomic E-state index is 8.59. The molecule has 0 bridgehead atoms. The molecule has 0 spiro atoms. The molecule has 6 nitrogen and oxygen atoms in total. The standard InChI is InChI=1S/C6H7N3OS.CH3NOS/c10-6(11)9-3-5-1-7-4-8-2-5;2-1(3)4/h1-2,4H,3H2,(H2,9,10,11);(H3,2,3,4). The quantitative estimate of drug-likeness (QED) is 0.548. The fraction of sp³-hybridized carbons (Fsp3) is 0.143. The Bertz CT molecular complexity index is 316. The van der Waals surface area contributed by atoms with Crippen molar-refractivity contribution in [2.45, 2.75) is 6.54 Å². The average molecular weight is 246 g/mol. The molecule has 8 heteroatoms. The van der Waals surface area contributed by atoms with Crippen LogP contribution in [0.3, 0.4) is 0 Å². The van der Waals surface area contributed by atoms with E-state index in [1.807, 2.05) is 0 Å². The van der Waals surface area contributed by atoms with Crippen molar-refractivity contribution in [3.8, 4) is 0 Å². The number of nitrogens with zero attached hydrogens (tertiary/aromatic N) is 2.